The molecule has 0 bridgehead atoms. The summed E-state index contributed by atoms with van der Waals surface area (Å²) in [5, 5.41) is 0. The number of piperazine rings is 1. The first kappa shape index (κ1) is 27.5. The fourth-order valence-electron chi connectivity index (χ4n) is 2.85. The molecular formula is C16H22BF4KN2O5S. The molecule has 1 saturated heterocycles. The Hall–Kier alpha value is -0.539. The number of carbonyl (C=O) groups excluding carboxylic acids is 1. The molecule has 0 aromatic heterocycles. The van der Waals surface area contributed by atoms with Gasteiger partial charge in [-0.05, 0) is 32.9 Å². The second kappa shape index (κ2) is 10.4. The summed E-state index contributed by atoms with van der Waals surface area (Å²) >= 11 is 0. The number of ether oxygens (including phenoxy) is 1. The normalized spacial score (nSPS) is 15.4. The van der Waals surface area contributed by atoms with Gasteiger partial charge < -0.3 is 31.7 Å². The van der Waals surface area contributed by atoms with Crippen LogP contribution in [0.4, 0.5) is 27.3 Å². The zero-order chi connectivity index (χ0) is 22.0. The van der Waals surface area contributed by atoms with E-state index >= 15 is 0 Å². The van der Waals surface area contributed by atoms with Crippen LogP contribution in [0, 0.1) is 0 Å². The Bertz CT molecular complexity index is 856. The molecule has 30 heavy (non-hydrogen) atoms. The molecule has 0 spiro atoms. The second-order valence-electron chi connectivity index (χ2n) is 7.68. The Labute approximate surface area is 216 Å². The molecular weight excluding hydrogens is 458 g/mol. The summed E-state index contributed by atoms with van der Waals surface area (Å²) in [7, 11) is -5.39. The van der Waals surface area contributed by atoms with E-state index in [2.05, 4.69) is 4.18 Å². The summed E-state index contributed by atoms with van der Waals surface area (Å²) in [4.78, 5) is 15.2. The van der Waals surface area contributed by atoms with E-state index in [1.807, 2.05) is 0 Å². The fraction of sp³-hybridized carbons (Fsp3) is 0.562. The number of nitrogens with zero attached hydrogens (tertiary/aromatic N) is 2. The predicted octanol–water partition coefficient (Wildman–Crippen LogP) is 0.270. The van der Waals surface area contributed by atoms with Crippen molar-refractivity contribution in [3.05, 3.63) is 23.8 Å². The molecule has 2 rings (SSSR count). The van der Waals surface area contributed by atoms with Gasteiger partial charge in [-0.3, -0.25) is 0 Å². The van der Waals surface area contributed by atoms with Crippen LogP contribution in [0.15, 0.2) is 18.2 Å². The SMILES string of the molecule is CC(C)(C)OC(=O)N1CCN(c2cc(C[B-](F)(F)F)cc(OS(=O)(=O)F)c2)CC1.[K+]. The van der Waals surface area contributed by atoms with Gasteiger partial charge >= 0.3 is 75.0 Å². The third-order valence-corrected chi connectivity index (χ3v) is 4.30. The second-order valence-corrected chi connectivity index (χ2v) is 8.63. The average molecular weight is 480 g/mol. The predicted molar refractivity (Wildman–Crippen MR) is 99.9 cm³/mol. The van der Waals surface area contributed by atoms with E-state index in [-0.39, 0.29) is 88.8 Å². The van der Waals surface area contributed by atoms with Crippen LogP contribution in [0.25, 0.3) is 0 Å². The molecule has 14 heteroatoms. The number of anilines is 1. The molecule has 0 aliphatic carbocycles. The Morgan fingerprint density at radius 2 is 1.67 bits per heavy atom. The van der Waals surface area contributed by atoms with Crippen LogP contribution in [0.1, 0.15) is 26.3 Å². The molecule has 0 atom stereocenters. The maximum atomic E-state index is 12.9. The van der Waals surface area contributed by atoms with Crippen LogP contribution in [0.3, 0.4) is 0 Å². The van der Waals surface area contributed by atoms with Gasteiger partial charge in [-0.2, -0.15) is 8.42 Å². The summed E-state index contributed by atoms with van der Waals surface area (Å²) < 4.78 is 82.2. The number of halogens is 4. The zero-order valence-electron chi connectivity index (χ0n) is 17.2. The van der Waals surface area contributed by atoms with Crippen molar-refractivity contribution in [1.29, 1.82) is 0 Å². The van der Waals surface area contributed by atoms with Gasteiger partial charge in [0.15, 0.2) is 0 Å². The van der Waals surface area contributed by atoms with E-state index in [0.717, 1.165) is 12.1 Å². The maximum absolute atomic E-state index is 12.9. The largest absolute Gasteiger partial charge is 1.00 e. The quantitative estimate of drug-likeness (QED) is 0.342. The van der Waals surface area contributed by atoms with Crippen molar-refractivity contribution in [3.8, 4) is 5.75 Å². The van der Waals surface area contributed by atoms with E-state index in [9.17, 15) is 30.0 Å². The van der Waals surface area contributed by atoms with Gasteiger partial charge in [0.05, 0.1) is 0 Å². The molecule has 1 aliphatic rings. The minimum Gasteiger partial charge on any atom is -0.449 e. The molecule has 0 radical (unpaired) electrons. The van der Waals surface area contributed by atoms with Gasteiger partial charge in [-0.15, -0.1) is 0 Å². The molecule has 1 aromatic carbocycles. The van der Waals surface area contributed by atoms with Gasteiger partial charge in [0.2, 0.25) is 0 Å². The van der Waals surface area contributed by atoms with E-state index in [1.165, 1.54) is 11.0 Å². The fourth-order valence-corrected chi connectivity index (χ4v) is 3.17. The van der Waals surface area contributed by atoms with Crippen LogP contribution in [0.5, 0.6) is 5.75 Å². The summed E-state index contributed by atoms with van der Waals surface area (Å²) in [5.41, 5.74) is -0.667. The van der Waals surface area contributed by atoms with Gasteiger partial charge in [0, 0.05) is 37.9 Å². The third kappa shape index (κ3) is 9.73. The molecule has 164 valence electrons. The molecule has 1 aromatic rings. The molecule has 0 saturated carbocycles. The minimum atomic E-state index is -5.39. The molecule has 1 fully saturated rings. The number of amides is 1. The zero-order valence-corrected chi connectivity index (χ0v) is 21.1. The first-order chi connectivity index (χ1) is 13.1. The Balaban J connectivity index is 0.00000450. The van der Waals surface area contributed by atoms with E-state index in [4.69, 9.17) is 4.74 Å². The third-order valence-electron chi connectivity index (χ3n) is 3.91. The first-order valence-corrected chi connectivity index (χ1v) is 10.1. The monoisotopic (exact) mass is 480 g/mol. The van der Waals surface area contributed by atoms with Crippen molar-refractivity contribution < 1.29 is 90.3 Å². The van der Waals surface area contributed by atoms with E-state index in [0.29, 0.717) is 0 Å². The van der Waals surface area contributed by atoms with Crippen molar-refractivity contribution in [2.24, 2.45) is 0 Å². The number of hydrogen-bond donors (Lipinski definition) is 0. The molecule has 0 N–H and O–H groups in total. The van der Waals surface area contributed by atoms with E-state index in [1.54, 1.807) is 25.7 Å². The van der Waals surface area contributed by atoms with Crippen LogP contribution >= 0.6 is 0 Å². The smallest absolute Gasteiger partial charge is 0.449 e. The van der Waals surface area contributed by atoms with E-state index < -0.39 is 41.2 Å². The molecule has 1 aliphatic heterocycles. The minimum absolute atomic E-state index is 0. The molecule has 1 heterocycles. The number of benzene rings is 1. The summed E-state index contributed by atoms with van der Waals surface area (Å²) in [6, 6.07) is 3.23. The Morgan fingerprint density at radius 3 is 2.13 bits per heavy atom. The first-order valence-electron chi connectivity index (χ1n) is 8.83. The van der Waals surface area contributed by atoms with Crippen LogP contribution in [-0.2, 0) is 21.6 Å². The number of rotatable bonds is 5. The summed E-state index contributed by atoms with van der Waals surface area (Å²) in [6.45, 7) is 1.03. The van der Waals surface area contributed by atoms with Crippen LogP contribution in [-0.4, -0.2) is 58.2 Å². The molecule has 7 nitrogen and oxygen atoms in total. The Kier molecular flexibility index (Phi) is 9.52. The van der Waals surface area contributed by atoms with Gasteiger partial charge in [-0.1, -0.05) is 15.8 Å². The van der Waals surface area contributed by atoms with Crippen molar-refractivity contribution in [3.63, 3.8) is 0 Å². The average Bonchev–Trinajstić information content (AvgIpc) is 2.49. The van der Waals surface area contributed by atoms with Crippen molar-refractivity contribution in [2.45, 2.75) is 32.7 Å². The Morgan fingerprint density at radius 1 is 1.10 bits per heavy atom. The van der Waals surface area contributed by atoms with Crippen molar-refractivity contribution in [2.75, 3.05) is 31.1 Å². The van der Waals surface area contributed by atoms with Crippen LogP contribution < -0.4 is 60.5 Å². The van der Waals surface area contributed by atoms with Crippen LogP contribution in [0.2, 0.25) is 0 Å². The number of hydrogen-bond acceptors (Lipinski definition) is 6. The van der Waals surface area contributed by atoms with Crippen molar-refractivity contribution in [1.82, 2.24) is 4.90 Å². The molecule has 0 unspecified atom stereocenters. The van der Waals surface area contributed by atoms with Crippen molar-refractivity contribution >= 4 is 29.3 Å². The van der Waals surface area contributed by atoms with Gasteiger partial charge in [-0.25, -0.2) is 4.79 Å². The standard InChI is InChI=1S/C16H22BF4N2O5S.K/c1-16(2,3)27-15(24)23-6-4-22(5-7-23)13-8-12(11-17(18,19)20)9-14(10-13)28-29(21,25)26;/h8-10H,4-7,11H2,1-3H3;/q-1;+1. The number of carbonyl (C=O) groups is 1. The maximum Gasteiger partial charge on any atom is 1.00 e. The molecule has 1 amide bonds. The van der Waals surface area contributed by atoms with Gasteiger partial charge in [0.1, 0.15) is 11.4 Å². The topological polar surface area (TPSA) is 76.2 Å². The summed E-state index contributed by atoms with van der Waals surface area (Å²) in [6.07, 6.45) is -1.77. The van der Waals surface area contributed by atoms with Gasteiger partial charge in [0.25, 0.3) is 0 Å². The summed E-state index contributed by atoms with van der Waals surface area (Å²) in [5.74, 6) is -0.547.